The lowest BCUT2D eigenvalue weighted by Crippen LogP contribution is -2.27. The number of para-hydroxylation sites is 1. The molecular weight excluding hydrogens is 388 g/mol. The van der Waals surface area contributed by atoms with Crippen molar-refractivity contribution in [2.45, 2.75) is 13.0 Å². The Hall–Kier alpha value is -3.31. The first kappa shape index (κ1) is 20.4. The molecule has 0 heterocycles. The van der Waals surface area contributed by atoms with Crippen LogP contribution in [0.25, 0.3) is 0 Å². The van der Waals surface area contributed by atoms with Crippen LogP contribution in [0.15, 0.2) is 78.9 Å². The smallest absolute Gasteiger partial charge is 0.262 e. The average molecular weight is 409 g/mol. The maximum Gasteiger partial charge on any atom is 0.262 e. The van der Waals surface area contributed by atoms with Crippen molar-refractivity contribution in [2.75, 3.05) is 11.9 Å². The molecule has 0 aliphatic heterocycles. The second kappa shape index (κ2) is 9.75. The minimum atomic E-state index is -0.347. The molecule has 0 aliphatic carbocycles. The lowest BCUT2D eigenvalue weighted by Gasteiger charge is -2.15. The van der Waals surface area contributed by atoms with Gasteiger partial charge >= 0.3 is 0 Å². The number of benzene rings is 3. The molecule has 148 valence electrons. The Morgan fingerprint density at radius 3 is 2.45 bits per heavy atom. The Balaban J connectivity index is 1.58. The zero-order valence-corrected chi connectivity index (χ0v) is 16.6. The van der Waals surface area contributed by atoms with Crippen molar-refractivity contribution in [3.8, 4) is 5.75 Å². The van der Waals surface area contributed by atoms with Gasteiger partial charge < -0.3 is 15.4 Å². The third-order valence-electron chi connectivity index (χ3n) is 4.25. The first-order chi connectivity index (χ1) is 14.0. The Morgan fingerprint density at radius 1 is 0.966 bits per heavy atom. The lowest BCUT2D eigenvalue weighted by atomic mass is 10.1. The number of hydrogen-bond donors (Lipinski definition) is 2. The van der Waals surface area contributed by atoms with Crippen LogP contribution in [-0.4, -0.2) is 18.4 Å². The van der Waals surface area contributed by atoms with Gasteiger partial charge in [-0.25, -0.2) is 0 Å². The van der Waals surface area contributed by atoms with E-state index in [1.165, 1.54) is 0 Å². The van der Waals surface area contributed by atoms with E-state index in [0.717, 1.165) is 5.56 Å². The maximum atomic E-state index is 12.6. The molecule has 0 saturated heterocycles. The predicted molar refractivity (Wildman–Crippen MR) is 114 cm³/mol. The van der Waals surface area contributed by atoms with Crippen molar-refractivity contribution in [3.63, 3.8) is 0 Å². The summed E-state index contributed by atoms with van der Waals surface area (Å²) in [6.45, 7) is 1.73. The maximum absolute atomic E-state index is 12.6. The van der Waals surface area contributed by atoms with E-state index in [9.17, 15) is 9.59 Å². The number of halogens is 1. The highest BCUT2D eigenvalue weighted by molar-refractivity contribution is 6.32. The van der Waals surface area contributed by atoms with Gasteiger partial charge in [-0.2, -0.15) is 0 Å². The molecule has 0 spiro atoms. The SMILES string of the molecule is CC(NC(=O)c1cccc(NC(=O)COc2ccccc2Cl)c1)c1ccccc1. The lowest BCUT2D eigenvalue weighted by molar-refractivity contribution is -0.118. The molecule has 6 heteroatoms. The fraction of sp³-hybridized carbons (Fsp3) is 0.130. The topological polar surface area (TPSA) is 67.4 Å². The molecule has 2 amide bonds. The van der Waals surface area contributed by atoms with Crippen molar-refractivity contribution < 1.29 is 14.3 Å². The van der Waals surface area contributed by atoms with Gasteiger partial charge in [-0.1, -0.05) is 60.1 Å². The fourth-order valence-corrected chi connectivity index (χ4v) is 2.94. The zero-order valence-electron chi connectivity index (χ0n) is 15.9. The molecule has 3 aromatic rings. The number of ether oxygens (including phenoxy) is 1. The Labute approximate surface area is 174 Å². The van der Waals surface area contributed by atoms with Crippen molar-refractivity contribution in [1.82, 2.24) is 5.32 Å². The molecular formula is C23H21ClN2O3. The number of rotatable bonds is 7. The molecule has 3 aromatic carbocycles. The van der Waals surface area contributed by atoms with E-state index in [1.54, 1.807) is 48.5 Å². The van der Waals surface area contributed by atoms with E-state index in [-0.39, 0.29) is 24.5 Å². The van der Waals surface area contributed by atoms with Crippen LogP contribution in [-0.2, 0) is 4.79 Å². The molecule has 0 radical (unpaired) electrons. The summed E-state index contributed by atoms with van der Waals surface area (Å²) in [6.07, 6.45) is 0. The summed E-state index contributed by atoms with van der Waals surface area (Å²) in [5.41, 5.74) is 1.98. The van der Waals surface area contributed by atoms with Gasteiger partial charge in [0.2, 0.25) is 0 Å². The standard InChI is InChI=1S/C23H21ClN2O3/c1-16(17-8-3-2-4-9-17)25-23(28)18-10-7-11-19(14-18)26-22(27)15-29-21-13-6-5-12-20(21)24/h2-14,16H,15H2,1H3,(H,25,28)(H,26,27). The van der Waals surface area contributed by atoms with Gasteiger partial charge in [0.1, 0.15) is 5.75 Å². The molecule has 29 heavy (non-hydrogen) atoms. The molecule has 5 nitrogen and oxygen atoms in total. The van der Waals surface area contributed by atoms with Crippen LogP contribution in [0.1, 0.15) is 28.9 Å². The molecule has 1 unspecified atom stereocenters. The van der Waals surface area contributed by atoms with Crippen LogP contribution in [0.5, 0.6) is 5.75 Å². The van der Waals surface area contributed by atoms with Gasteiger partial charge in [-0.15, -0.1) is 0 Å². The normalized spacial score (nSPS) is 11.4. The summed E-state index contributed by atoms with van der Waals surface area (Å²) in [6, 6.07) is 23.3. The monoisotopic (exact) mass is 408 g/mol. The van der Waals surface area contributed by atoms with Gasteiger partial charge in [-0.3, -0.25) is 9.59 Å². The molecule has 3 rings (SSSR count). The second-order valence-electron chi connectivity index (χ2n) is 6.45. The number of nitrogens with one attached hydrogen (secondary N) is 2. The minimum Gasteiger partial charge on any atom is -0.482 e. The average Bonchev–Trinajstić information content (AvgIpc) is 2.74. The highest BCUT2D eigenvalue weighted by atomic mass is 35.5. The molecule has 0 aromatic heterocycles. The van der Waals surface area contributed by atoms with Crippen LogP contribution in [0.4, 0.5) is 5.69 Å². The van der Waals surface area contributed by atoms with Gasteiger partial charge in [0.25, 0.3) is 11.8 Å². The van der Waals surface area contributed by atoms with Crippen molar-refractivity contribution in [3.05, 3.63) is 95.0 Å². The van der Waals surface area contributed by atoms with Crippen LogP contribution >= 0.6 is 11.6 Å². The van der Waals surface area contributed by atoms with Gasteiger partial charge in [0.05, 0.1) is 11.1 Å². The number of anilines is 1. The number of carbonyl (C=O) groups is 2. The summed E-state index contributed by atoms with van der Waals surface area (Å²) in [5.74, 6) is -0.128. The highest BCUT2D eigenvalue weighted by Gasteiger charge is 2.12. The first-order valence-corrected chi connectivity index (χ1v) is 9.54. The second-order valence-corrected chi connectivity index (χ2v) is 6.86. The van der Waals surface area contributed by atoms with Crippen LogP contribution in [0.2, 0.25) is 5.02 Å². The van der Waals surface area contributed by atoms with Crippen molar-refractivity contribution in [2.24, 2.45) is 0 Å². The number of hydrogen-bond acceptors (Lipinski definition) is 3. The number of amides is 2. The summed E-state index contributed by atoms with van der Waals surface area (Å²) in [4.78, 5) is 24.7. The van der Waals surface area contributed by atoms with Gasteiger partial charge in [0.15, 0.2) is 6.61 Å². The van der Waals surface area contributed by atoms with Gasteiger partial charge in [-0.05, 0) is 42.8 Å². The highest BCUT2D eigenvalue weighted by Crippen LogP contribution is 2.23. The minimum absolute atomic E-state index is 0.133. The van der Waals surface area contributed by atoms with Crippen molar-refractivity contribution >= 4 is 29.1 Å². The fourth-order valence-electron chi connectivity index (χ4n) is 2.75. The van der Waals surface area contributed by atoms with Crippen LogP contribution in [0.3, 0.4) is 0 Å². The van der Waals surface area contributed by atoms with Crippen LogP contribution < -0.4 is 15.4 Å². The van der Waals surface area contributed by atoms with E-state index in [1.807, 2.05) is 37.3 Å². The van der Waals surface area contributed by atoms with Crippen LogP contribution in [0, 0.1) is 0 Å². The van der Waals surface area contributed by atoms with Crippen molar-refractivity contribution in [1.29, 1.82) is 0 Å². The number of carbonyl (C=O) groups excluding carboxylic acids is 2. The zero-order chi connectivity index (χ0) is 20.6. The van der Waals surface area contributed by atoms with E-state index in [0.29, 0.717) is 22.0 Å². The Bertz CT molecular complexity index is 992. The quantitative estimate of drug-likeness (QED) is 0.587. The van der Waals surface area contributed by atoms with E-state index >= 15 is 0 Å². The summed E-state index contributed by atoms with van der Waals surface area (Å²) >= 11 is 6.01. The van der Waals surface area contributed by atoms with E-state index in [4.69, 9.17) is 16.3 Å². The third-order valence-corrected chi connectivity index (χ3v) is 4.56. The molecule has 0 saturated carbocycles. The molecule has 1 atom stereocenters. The predicted octanol–water partition coefficient (Wildman–Crippen LogP) is 4.85. The summed E-state index contributed by atoms with van der Waals surface area (Å²) in [7, 11) is 0. The third kappa shape index (κ3) is 5.83. The molecule has 0 aliphatic rings. The van der Waals surface area contributed by atoms with E-state index in [2.05, 4.69) is 10.6 Å². The Morgan fingerprint density at radius 2 is 1.69 bits per heavy atom. The molecule has 0 fully saturated rings. The van der Waals surface area contributed by atoms with E-state index < -0.39 is 0 Å². The summed E-state index contributed by atoms with van der Waals surface area (Å²) in [5, 5.41) is 6.12. The summed E-state index contributed by atoms with van der Waals surface area (Å²) < 4.78 is 5.43. The largest absolute Gasteiger partial charge is 0.482 e. The Kier molecular flexibility index (Phi) is 6.87. The molecule has 2 N–H and O–H groups in total. The first-order valence-electron chi connectivity index (χ1n) is 9.16. The molecule has 0 bridgehead atoms. The van der Waals surface area contributed by atoms with Gasteiger partial charge in [0, 0.05) is 11.3 Å².